The molecule has 3 N–H and O–H groups in total. The first kappa shape index (κ1) is 23.3. The summed E-state index contributed by atoms with van der Waals surface area (Å²) in [5, 5.41) is 7.18. The van der Waals surface area contributed by atoms with E-state index in [9.17, 15) is 8.42 Å². The standard InChI is InChI=1S/C23H25N7O3S/c1-23(2,18-7-4-15(5-8-18)17-13-27-22(24)28-14-17)21-29-20(33-30-21)16-6-9-19(26-12-16)25-10-11-34(3,31)32/h4-9,12-14H,10-11H2,1-3H3,(H,25,26)(H2,24,27,28). The van der Waals surface area contributed by atoms with Gasteiger partial charge in [-0.2, -0.15) is 4.98 Å². The van der Waals surface area contributed by atoms with Gasteiger partial charge in [0.2, 0.25) is 5.95 Å². The molecule has 0 aliphatic rings. The Labute approximate surface area is 197 Å². The topological polar surface area (TPSA) is 150 Å². The molecule has 0 bridgehead atoms. The van der Waals surface area contributed by atoms with Crippen molar-refractivity contribution in [1.29, 1.82) is 0 Å². The van der Waals surface area contributed by atoms with Gasteiger partial charge in [-0.05, 0) is 37.1 Å². The number of sulfone groups is 1. The van der Waals surface area contributed by atoms with Gasteiger partial charge in [-0.3, -0.25) is 0 Å². The number of aromatic nitrogens is 5. The van der Waals surface area contributed by atoms with Crippen molar-refractivity contribution in [2.75, 3.05) is 29.6 Å². The molecule has 0 saturated heterocycles. The van der Waals surface area contributed by atoms with Crippen LogP contribution in [0.1, 0.15) is 25.2 Å². The molecule has 11 heteroatoms. The van der Waals surface area contributed by atoms with E-state index in [1.807, 2.05) is 38.1 Å². The molecule has 3 heterocycles. The zero-order valence-electron chi connectivity index (χ0n) is 19.1. The van der Waals surface area contributed by atoms with Crippen LogP contribution in [-0.4, -0.2) is 52.1 Å². The number of anilines is 2. The van der Waals surface area contributed by atoms with Crippen molar-refractivity contribution in [2.24, 2.45) is 0 Å². The van der Waals surface area contributed by atoms with E-state index in [-0.39, 0.29) is 18.2 Å². The smallest absolute Gasteiger partial charge is 0.259 e. The minimum absolute atomic E-state index is 0.0350. The summed E-state index contributed by atoms with van der Waals surface area (Å²) < 4.78 is 28.0. The van der Waals surface area contributed by atoms with Gasteiger partial charge in [0.15, 0.2) is 5.82 Å². The molecule has 0 spiro atoms. The molecule has 0 saturated carbocycles. The highest BCUT2D eigenvalue weighted by atomic mass is 32.2. The van der Waals surface area contributed by atoms with Gasteiger partial charge in [0.1, 0.15) is 15.7 Å². The summed E-state index contributed by atoms with van der Waals surface area (Å²) in [4.78, 5) is 17.0. The maximum atomic E-state index is 11.2. The van der Waals surface area contributed by atoms with E-state index >= 15 is 0 Å². The summed E-state index contributed by atoms with van der Waals surface area (Å²) in [5.74, 6) is 1.74. The van der Waals surface area contributed by atoms with Crippen molar-refractivity contribution in [2.45, 2.75) is 19.3 Å². The lowest BCUT2D eigenvalue weighted by atomic mass is 9.83. The minimum Gasteiger partial charge on any atom is -0.369 e. The Balaban J connectivity index is 1.47. The van der Waals surface area contributed by atoms with E-state index in [0.717, 1.165) is 16.7 Å². The molecule has 3 aromatic heterocycles. The lowest BCUT2D eigenvalue weighted by molar-refractivity contribution is 0.408. The molecule has 0 unspecified atom stereocenters. The Hall–Kier alpha value is -3.86. The molecule has 0 amide bonds. The van der Waals surface area contributed by atoms with Crippen molar-refractivity contribution < 1.29 is 12.9 Å². The van der Waals surface area contributed by atoms with Crippen LogP contribution in [0.4, 0.5) is 11.8 Å². The van der Waals surface area contributed by atoms with E-state index in [1.54, 1.807) is 30.7 Å². The minimum atomic E-state index is -3.03. The van der Waals surface area contributed by atoms with Gasteiger partial charge in [0.05, 0.1) is 16.7 Å². The highest BCUT2D eigenvalue weighted by molar-refractivity contribution is 7.90. The second-order valence-corrected chi connectivity index (χ2v) is 10.7. The lowest BCUT2D eigenvalue weighted by Gasteiger charge is -2.21. The fraction of sp³-hybridized carbons (Fsp3) is 0.261. The number of hydrogen-bond acceptors (Lipinski definition) is 10. The van der Waals surface area contributed by atoms with Crippen molar-refractivity contribution in [3.63, 3.8) is 0 Å². The molecule has 4 rings (SSSR count). The number of pyridine rings is 1. The van der Waals surface area contributed by atoms with Crippen molar-refractivity contribution in [3.05, 3.63) is 66.4 Å². The Morgan fingerprint density at radius 2 is 1.59 bits per heavy atom. The zero-order chi connectivity index (χ0) is 24.3. The molecule has 1 aromatic carbocycles. The van der Waals surface area contributed by atoms with E-state index in [0.29, 0.717) is 23.1 Å². The number of benzene rings is 1. The van der Waals surface area contributed by atoms with E-state index in [2.05, 4.69) is 30.4 Å². The highest BCUT2D eigenvalue weighted by Crippen LogP contribution is 2.32. The van der Waals surface area contributed by atoms with Crippen LogP contribution in [0.5, 0.6) is 0 Å². The van der Waals surface area contributed by atoms with Crippen LogP contribution in [0, 0.1) is 0 Å². The van der Waals surface area contributed by atoms with Gasteiger partial charge in [0.25, 0.3) is 5.89 Å². The predicted octanol–water partition coefficient (Wildman–Crippen LogP) is 2.95. The summed E-state index contributed by atoms with van der Waals surface area (Å²) >= 11 is 0. The van der Waals surface area contributed by atoms with Crippen LogP contribution in [0.15, 0.2) is 59.5 Å². The van der Waals surface area contributed by atoms with Crippen LogP contribution in [0.2, 0.25) is 0 Å². The first-order chi connectivity index (χ1) is 16.1. The first-order valence-electron chi connectivity index (χ1n) is 10.5. The number of nitrogens with zero attached hydrogens (tertiary/aromatic N) is 5. The summed E-state index contributed by atoms with van der Waals surface area (Å²) in [6, 6.07) is 11.6. The van der Waals surface area contributed by atoms with Crippen molar-refractivity contribution >= 4 is 21.6 Å². The van der Waals surface area contributed by atoms with E-state index in [1.165, 1.54) is 6.26 Å². The first-order valence-corrected chi connectivity index (χ1v) is 12.6. The molecule has 0 aliphatic heterocycles. The summed E-state index contributed by atoms with van der Waals surface area (Å²) in [5.41, 5.74) is 8.60. The molecule has 0 fully saturated rings. The van der Waals surface area contributed by atoms with Crippen LogP contribution in [0.3, 0.4) is 0 Å². The van der Waals surface area contributed by atoms with E-state index in [4.69, 9.17) is 10.3 Å². The third kappa shape index (κ3) is 5.37. The summed E-state index contributed by atoms with van der Waals surface area (Å²) in [7, 11) is -3.03. The predicted molar refractivity (Wildman–Crippen MR) is 130 cm³/mol. The average molecular weight is 480 g/mol. The summed E-state index contributed by atoms with van der Waals surface area (Å²) in [6.45, 7) is 4.33. The Kier molecular flexibility index (Phi) is 6.29. The van der Waals surface area contributed by atoms with Crippen molar-refractivity contribution in [1.82, 2.24) is 25.1 Å². The van der Waals surface area contributed by atoms with Gasteiger partial charge in [-0.15, -0.1) is 0 Å². The maximum absolute atomic E-state index is 11.2. The van der Waals surface area contributed by atoms with Gasteiger partial charge in [-0.25, -0.2) is 23.4 Å². The monoisotopic (exact) mass is 479 g/mol. The molecule has 0 aliphatic carbocycles. The number of nitrogens with two attached hydrogens (primary N) is 1. The molecule has 10 nitrogen and oxygen atoms in total. The molecule has 34 heavy (non-hydrogen) atoms. The number of nitrogen functional groups attached to an aromatic ring is 1. The molecular weight excluding hydrogens is 454 g/mol. The highest BCUT2D eigenvalue weighted by Gasteiger charge is 2.29. The fourth-order valence-corrected chi connectivity index (χ4v) is 3.75. The van der Waals surface area contributed by atoms with Gasteiger partial charge < -0.3 is 15.6 Å². The second kappa shape index (κ2) is 9.18. The quantitative estimate of drug-likeness (QED) is 0.386. The number of nitrogens with one attached hydrogen (secondary N) is 1. The zero-order valence-corrected chi connectivity index (χ0v) is 19.9. The Morgan fingerprint density at radius 3 is 2.21 bits per heavy atom. The summed E-state index contributed by atoms with van der Waals surface area (Å²) in [6.07, 6.45) is 6.18. The third-order valence-electron chi connectivity index (χ3n) is 5.39. The molecule has 176 valence electrons. The Bertz CT molecular complexity index is 1370. The fourth-order valence-electron chi connectivity index (χ4n) is 3.28. The van der Waals surface area contributed by atoms with Gasteiger partial charge in [-0.1, -0.05) is 29.4 Å². The lowest BCUT2D eigenvalue weighted by Crippen LogP contribution is -2.20. The number of hydrogen-bond donors (Lipinski definition) is 2. The van der Waals surface area contributed by atoms with Crippen molar-refractivity contribution in [3.8, 4) is 22.6 Å². The Morgan fingerprint density at radius 1 is 0.941 bits per heavy atom. The normalized spacial score (nSPS) is 12.0. The molecule has 4 aromatic rings. The van der Waals surface area contributed by atoms with Crippen LogP contribution in [0.25, 0.3) is 22.6 Å². The SMILES string of the molecule is CC(C)(c1ccc(-c2cnc(N)nc2)cc1)c1noc(-c2ccc(NCCS(C)(=O)=O)nc2)n1. The molecule has 0 radical (unpaired) electrons. The molecular formula is C23H25N7O3S. The maximum Gasteiger partial charge on any atom is 0.259 e. The van der Waals surface area contributed by atoms with Crippen LogP contribution in [-0.2, 0) is 15.3 Å². The third-order valence-corrected chi connectivity index (χ3v) is 6.33. The largest absolute Gasteiger partial charge is 0.369 e. The molecule has 0 atom stereocenters. The average Bonchev–Trinajstić information content (AvgIpc) is 3.31. The van der Waals surface area contributed by atoms with Crippen LogP contribution >= 0.6 is 0 Å². The number of rotatable bonds is 8. The second-order valence-electron chi connectivity index (χ2n) is 8.44. The van der Waals surface area contributed by atoms with E-state index < -0.39 is 15.3 Å². The van der Waals surface area contributed by atoms with Gasteiger partial charge in [0, 0.05) is 37.0 Å². The van der Waals surface area contributed by atoms with Gasteiger partial charge >= 0.3 is 0 Å². The van der Waals surface area contributed by atoms with Crippen LogP contribution < -0.4 is 11.1 Å².